The second kappa shape index (κ2) is 7.40. The average Bonchev–Trinajstić information content (AvgIpc) is 2.78. The molecule has 2 aromatic heterocycles. The number of aryl methyl sites for hydroxylation is 3. The van der Waals surface area contributed by atoms with E-state index in [1.54, 1.807) is 0 Å². The molecule has 124 valence electrons. The van der Waals surface area contributed by atoms with E-state index in [4.69, 9.17) is 0 Å². The minimum absolute atomic E-state index is 0.0319. The van der Waals surface area contributed by atoms with Crippen molar-refractivity contribution in [3.05, 3.63) is 46.5 Å². The van der Waals surface area contributed by atoms with Gasteiger partial charge in [0.15, 0.2) is 0 Å². The zero-order valence-electron chi connectivity index (χ0n) is 14.7. The van der Waals surface area contributed by atoms with Crippen LogP contribution in [0.15, 0.2) is 18.3 Å². The number of nitrogens with one attached hydrogen (secondary N) is 1. The predicted molar refractivity (Wildman–Crippen MR) is 91.2 cm³/mol. The first-order valence-electron chi connectivity index (χ1n) is 8.14. The van der Waals surface area contributed by atoms with E-state index in [1.165, 1.54) is 5.56 Å². The van der Waals surface area contributed by atoms with Crippen LogP contribution in [0.2, 0.25) is 0 Å². The van der Waals surface area contributed by atoms with Crippen molar-refractivity contribution in [2.75, 3.05) is 0 Å². The maximum absolute atomic E-state index is 12.2. The predicted octanol–water partition coefficient (Wildman–Crippen LogP) is 3.17. The van der Waals surface area contributed by atoms with Crippen LogP contribution in [0.5, 0.6) is 0 Å². The summed E-state index contributed by atoms with van der Waals surface area (Å²) in [6, 6.07) is 3.97. The quantitative estimate of drug-likeness (QED) is 0.891. The van der Waals surface area contributed by atoms with Crippen LogP contribution in [-0.2, 0) is 11.3 Å². The van der Waals surface area contributed by atoms with E-state index >= 15 is 0 Å². The third-order valence-electron chi connectivity index (χ3n) is 4.33. The Morgan fingerprint density at radius 1 is 1.26 bits per heavy atom. The molecule has 0 spiro atoms. The summed E-state index contributed by atoms with van der Waals surface area (Å²) >= 11 is 0. The van der Waals surface area contributed by atoms with Crippen molar-refractivity contribution in [1.29, 1.82) is 0 Å². The van der Waals surface area contributed by atoms with Gasteiger partial charge < -0.3 is 5.32 Å². The number of nitrogens with zero attached hydrogens (tertiary/aromatic N) is 3. The van der Waals surface area contributed by atoms with Gasteiger partial charge in [-0.15, -0.1) is 0 Å². The van der Waals surface area contributed by atoms with Gasteiger partial charge in [0.05, 0.1) is 17.4 Å². The summed E-state index contributed by atoms with van der Waals surface area (Å²) in [5, 5.41) is 7.54. The molecule has 1 atom stereocenters. The molecule has 0 saturated heterocycles. The van der Waals surface area contributed by atoms with Crippen LogP contribution in [-0.4, -0.2) is 20.7 Å². The second-order valence-electron chi connectivity index (χ2n) is 6.06. The SMILES string of the molecule is CC[C@H](NC(=O)CCn1nc(C)c(C)c1C)c1ccc(C)cn1. The molecule has 0 aliphatic rings. The van der Waals surface area contributed by atoms with Crippen molar-refractivity contribution >= 4 is 5.91 Å². The van der Waals surface area contributed by atoms with Gasteiger partial charge in [-0.3, -0.25) is 14.5 Å². The number of hydrogen-bond acceptors (Lipinski definition) is 3. The van der Waals surface area contributed by atoms with E-state index in [0.29, 0.717) is 13.0 Å². The van der Waals surface area contributed by atoms with Crippen LogP contribution in [0.25, 0.3) is 0 Å². The van der Waals surface area contributed by atoms with E-state index in [1.807, 2.05) is 43.8 Å². The second-order valence-corrected chi connectivity index (χ2v) is 6.06. The zero-order chi connectivity index (χ0) is 17.0. The Hall–Kier alpha value is -2.17. The molecule has 1 N–H and O–H groups in total. The number of carbonyl (C=O) groups is 1. The molecule has 5 heteroatoms. The molecule has 0 aliphatic carbocycles. The van der Waals surface area contributed by atoms with Crippen LogP contribution in [0.4, 0.5) is 0 Å². The van der Waals surface area contributed by atoms with Crippen molar-refractivity contribution in [3.63, 3.8) is 0 Å². The van der Waals surface area contributed by atoms with Crippen LogP contribution in [0.3, 0.4) is 0 Å². The summed E-state index contributed by atoms with van der Waals surface area (Å²) in [7, 11) is 0. The van der Waals surface area contributed by atoms with Crippen molar-refractivity contribution < 1.29 is 4.79 Å². The number of aromatic nitrogens is 3. The Bertz CT molecular complexity index is 673. The highest BCUT2D eigenvalue weighted by Gasteiger charge is 2.15. The number of hydrogen-bond donors (Lipinski definition) is 1. The fraction of sp³-hybridized carbons (Fsp3) is 0.500. The highest BCUT2D eigenvalue weighted by molar-refractivity contribution is 5.76. The molecule has 0 saturated carbocycles. The van der Waals surface area contributed by atoms with Gasteiger partial charge in [-0.1, -0.05) is 13.0 Å². The van der Waals surface area contributed by atoms with Gasteiger partial charge in [-0.25, -0.2) is 0 Å². The summed E-state index contributed by atoms with van der Waals surface area (Å²) in [5.41, 5.74) is 5.38. The molecule has 0 aliphatic heterocycles. The number of pyridine rings is 1. The molecule has 0 radical (unpaired) electrons. The normalized spacial score (nSPS) is 12.2. The largest absolute Gasteiger partial charge is 0.348 e. The molecule has 0 fully saturated rings. The van der Waals surface area contributed by atoms with Crippen molar-refractivity contribution in [2.45, 2.75) is 60.0 Å². The van der Waals surface area contributed by atoms with E-state index in [-0.39, 0.29) is 11.9 Å². The first-order valence-corrected chi connectivity index (χ1v) is 8.14. The van der Waals surface area contributed by atoms with Crippen molar-refractivity contribution in [3.8, 4) is 0 Å². The van der Waals surface area contributed by atoms with Gasteiger partial charge in [0.25, 0.3) is 0 Å². The highest BCUT2D eigenvalue weighted by atomic mass is 16.1. The van der Waals surface area contributed by atoms with E-state index in [9.17, 15) is 4.79 Å². The first-order chi connectivity index (χ1) is 10.9. The Labute approximate surface area is 138 Å². The average molecular weight is 314 g/mol. The monoisotopic (exact) mass is 314 g/mol. The maximum Gasteiger partial charge on any atom is 0.222 e. The third-order valence-corrected chi connectivity index (χ3v) is 4.33. The molecule has 0 unspecified atom stereocenters. The lowest BCUT2D eigenvalue weighted by atomic mass is 10.1. The Morgan fingerprint density at radius 3 is 2.52 bits per heavy atom. The summed E-state index contributed by atoms with van der Waals surface area (Å²) in [4.78, 5) is 16.7. The topological polar surface area (TPSA) is 59.8 Å². The number of amides is 1. The fourth-order valence-corrected chi connectivity index (χ4v) is 2.55. The van der Waals surface area contributed by atoms with Crippen molar-refractivity contribution in [1.82, 2.24) is 20.1 Å². The van der Waals surface area contributed by atoms with Gasteiger partial charge in [0.1, 0.15) is 0 Å². The molecule has 0 bridgehead atoms. The molecule has 1 amide bonds. The molecule has 2 heterocycles. The molecule has 5 nitrogen and oxygen atoms in total. The molecule has 2 aromatic rings. The van der Waals surface area contributed by atoms with E-state index < -0.39 is 0 Å². The van der Waals surface area contributed by atoms with Crippen LogP contribution in [0.1, 0.15) is 54.0 Å². The minimum atomic E-state index is -0.0368. The molecule has 23 heavy (non-hydrogen) atoms. The lowest BCUT2D eigenvalue weighted by molar-refractivity contribution is -0.122. The van der Waals surface area contributed by atoms with Gasteiger partial charge in [-0.05, 0) is 51.3 Å². The van der Waals surface area contributed by atoms with Gasteiger partial charge in [0, 0.05) is 24.9 Å². The smallest absolute Gasteiger partial charge is 0.222 e. The number of carbonyl (C=O) groups excluding carboxylic acids is 1. The van der Waals surface area contributed by atoms with Gasteiger partial charge in [0.2, 0.25) is 5.91 Å². The fourth-order valence-electron chi connectivity index (χ4n) is 2.55. The summed E-state index contributed by atoms with van der Waals surface area (Å²) in [5.74, 6) is 0.0319. The lowest BCUT2D eigenvalue weighted by Crippen LogP contribution is -2.29. The Balaban J connectivity index is 1.95. The Morgan fingerprint density at radius 2 is 2.00 bits per heavy atom. The van der Waals surface area contributed by atoms with Crippen LogP contribution in [0, 0.1) is 27.7 Å². The van der Waals surface area contributed by atoms with E-state index in [0.717, 1.165) is 29.1 Å². The lowest BCUT2D eigenvalue weighted by Gasteiger charge is -2.17. The van der Waals surface area contributed by atoms with Crippen molar-refractivity contribution in [2.24, 2.45) is 0 Å². The summed E-state index contributed by atoms with van der Waals surface area (Å²) in [6.07, 6.45) is 3.08. The van der Waals surface area contributed by atoms with Gasteiger partial charge >= 0.3 is 0 Å². The standard InChI is InChI=1S/C18H26N4O/c1-6-16(17-8-7-12(2)11-19-17)20-18(23)9-10-22-15(5)13(3)14(4)21-22/h7-8,11,16H,6,9-10H2,1-5H3,(H,20,23)/t16-/m0/s1. The molecule has 2 rings (SSSR count). The Kier molecular flexibility index (Phi) is 5.53. The van der Waals surface area contributed by atoms with E-state index in [2.05, 4.69) is 29.2 Å². The first kappa shape index (κ1) is 17.2. The van der Waals surface area contributed by atoms with Crippen LogP contribution >= 0.6 is 0 Å². The van der Waals surface area contributed by atoms with Gasteiger partial charge in [-0.2, -0.15) is 5.10 Å². The number of rotatable bonds is 6. The van der Waals surface area contributed by atoms with Crippen LogP contribution < -0.4 is 5.32 Å². The highest BCUT2D eigenvalue weighted by Crippen LogP contribution is 2.15. The molecular weight excluding hydrogens is 288 g/mol. The summed E-state index contributed by atoms with van der Waals surface area (Å²) < 4.78 is 1.91. The maximum atomic E-state index is 12.2. The molecular formula is C18H26N4O. The summed E-state index contributed by atoms with van der Waals surface area (Å²) in [6.45, 7) is 10.8. The molecule has 0 aromatic carbocycles. The minimum Gasteiger partial charge on any atom is -0.348 e. The zero-order valence-corrected chi connectivity index (χ0v) is 14.7. The third kappa shape index (κ3) is 4.18.